The van der Waals surface area contributed by atoms with E-state index >= 15 is 0 Å². The molecule has 0 atom stereocenters. The summed E-state index contributed by atoms with van der Waals surface area (Å²) in [6.45, 7) is 4.19. The van der Waals surface area contributed by atoms with Gasteiger partial charge < -0.3 is 15.1 Å². The van der Waals surface area contributed by atoms with Gasteiger partial charge in [0.25, 0.3) is 0 Å². The van der Waals surface area contributed by atoms with Gasteiger partial charge in [-0.3, -0.25) is 0 Å². The highest BCUT2D eigenvalue weighted by Gasteiger charge is 2.19. The molecular weight excluding hydrogens is 272 g/mol. The Bertz CT molecular complexity index is 430. The number of nitrogens with zero attached hydrogens (tertiary/aromatic N) is 3. The summed E-state index contributed by atoms with van der Waals surface area (Å²) in [5.41, 5.74) is 0.918. The van der Waals surface area contributed by atoms with Gasteiger partial charge in [-0.15, -0.1) is 0 Å². The maximum absolute atomic E-state index is 6.16. The Labute approximate surface area is 127 Å². The Hall–Kier alpha value is -0.840. The third-order valence-corrected chi connectivity index (χ3v) is 4.35. The molecule has 1 saturated heterocycles. The Morgan fingerprint density at radius 1 is 1.40 bits per heavy atom. The largest absolute Gasteiger partial charge is 0.359 e. The van der Waals surface area contributed by atoms with E-state index < -0.39 is 0 Å². The molecule has 1 N–H and O–H groups in total. The zero-order valence-corrected chi connectivity index (χ0v) is 13.5. The van der Waals surface area contributed by atoms with Crippen molar-refractivity contribution in [1.82, 2.24) is 15.2 Å². The fourth-order valence-electron chi connectivity index (χ4n) is 2.70. The summed E-state index contributed by atoms with van der Waals surface area (Å²) in [5.74, 6) is 1.78. The van der Waals surface area contributed by atoms with E-state index in [0.29, 0.717) is 6.54 Å². The fraction of sp³-hybridized carbons (Fsp3) is 0.667. The Kier molecular flexibility index (Phi) is 5.64. The molecule has 2 rings (SSSR count). The van der Waals surface area contributed by atoms with Crippen molar-refractivity contribution in [1.29, 1.82) is 0 Å². The lowest BCUT2D eigenvalue weighted by molar-refractivity contribution is 0.222. The molecular formula is C15H25ClN4. The van der Waals surface area contributed by atoms with Crippen LogP contribution < -0.4 is 10.2 Å². The molecule has 1 fully saturated rings. The molecule has 4 nitrogen and oxygen atoms in total. The first-order valence-corrected chi connectivity index (χ1v) is 7.67. The van der Waals surface area contributed by atoms with Crippen molar-refractivity contribution in [3.8, 4) is 0 Å². The normalized spacial score (nSPS) is 17.4. The molecule has 112 valence electrons. The lowest BCUT2D eigenvalue weighted by atomic mass is 9.97. The number of halogens is 1. The molecule has 2 heterocycles. The standard InChI is InChI=1S/C15H25ClN4/c1-17-10-14-13(16)4-5-15(18-14)20(3)11-12-6-8-19(2)9-7-12/h4-5,12,17H,6-11H2,1-3H3. The number of nitrogens with one attached hydrogen (secondary N) is 1. The zero-order valence-electron chi connectivity index (χ0n) is 12.7. The summed E-state index contributed by atoms with van der Waals surface area (Å²) >= 11 is 6.16. The number of anilines is 1. The topological polar surface area (TPSA) is 31.4 Å². The van der Waals surface area contributed by atoms with Crippen molar-refractivity contribution in [2.75, 3.05) is 45.7 Å². The van der Waals surface area contributed by atoms with Crippen molar-refractivity contribution < 1.29 is 0 Å². The second-order valence-electron chi connectivity index (χ2n) is 5.76. The van der Waals surface area contributed by atoms with Crippen LogP contribution in [0, 0.1) is 5.92 Å². The maximum Gasteiger partial charge on any atom is 0.128 e. The minimum atomic E-state index is 0.703. The van der Waals surface area contributed by atoms with Crippen LogP contribution in [0.15, 0.2) is 12.1 Å². The molecule has 1 aliphatic rings. The smallest absolute Gasteiger partial charge is 0.128 e. The number of aromatic nitrogens is 1. The van der Waals surface area contributed by atoms with Gasteiger partial charge in [0, 0.05) is 20.1 Å². The SMILES string of the molecule is CNCc1nc(N(C)CC2CCN(C)CC2)ccc1Cl. The van der Waals surface area contributed by atoms with Crippen molar-refractivity contribution in [3.05, 3.63) is 22.8 Å². The number of rotatable bonds is 5. The molecule has 20 heavy (non-hydrogen) atoms. The number of hydrogen-bond donors (Lipinski definition) is 1. The quantitative estimate of drug-likeness (QED) is 0.903. The third kappa shape index (κ3) is 4.08. The summed E-state index contributed by atoms with van der Waals surface area (Å²) in [6, 6.07) is 3.96. The molecule has 0 bridgehead atoms. The summed E-state index contributed by atoms with van der Waals surface area (Å²) in [4.78, 5) is 9.32. The highest BCUT2D eigenvalue weighted by Crippen LogP contribution is 2.22. The van der Waals surface area contributed by atoms with Gasteiger partial charge in [-0.1, -0.05) is 11.6 Å². The van der Waals surface area contributed by atoms with Crippen LogP contribution in [-0.2, 0) is 6.54 Å². The zero-order chi connectivity index (χ0) is 14.5. The fourth-order valence-corrected chi connectivity index (χ4v) is 2.87. The monoisotopic (exact) mass is 296 g/mol. The van der Waals surface area contributed by atoms with E-state index in [1.165, 1.54) is 25.9 Å². The maximum atomic E-state index is 6.16. The van der Waals surface area contributed by atoms with E-state index in [2.05, 4.69) is 34.2 Å². The Morgan fingerprint density at radius 2 is 2.10 bits per heavy atom. The van der Waals surface area contributed by atoms with Gasteiger partial charge in [0.15, 0.2) is 0 Å². The van der Waals surface area contributed by atoms with Crippen LogP contribution in [0.4, 0.5) is 5.82 Å². The van der Waals surface area contributed by atoms with Crippen molar-refractivity contribution >= 4 is 17.4 Å². The third-order valence-electron chi connectivity index (χ3n) is 4.01. The van der Waals surface area contributed by atoms with Gasteiger partial charge in [-0.25, -0.2) is 4.98 Å². The number of pyridine rings is 1. The minimum absolute atomic E-state index is 0.703. The van der Waals surface area contributed by atoms with Crippen LogP contribution in [0.25, 0.3) is 0 Å². The number of hydrogen-bond acceptors (Lipinski definition) is 4. The molecule has 5 heteroatoms. The molecule has 1 aliphatic heterocycles. The molecule has 0 radical (unpaired) electrons. The summed E-state index contributed by atoms with van der Waals surface area (Å²) in [5, 5.41) is 3.84. The van der Waals surface area contributed by atoms with E-state index in [0.717, 1.165) is 29.0 Å². The predicted molar refractivity (Wildman–Crippen MR) is 85.5 cm³/mol. The van der Waals surface area contributed by atoms with Crippen LogP contribution >= 0.6 is 11.6 Å². The molecule has 1 aromatic rings. The molecule has 0 unspecified atom stereocenters. The van der Waals surface area contributed by atoms with Crippen molar-refractivity contribution in [3.63, 3.8) is 0 Å². The highest BCUT2D eigenvalue weighted by atomic mass is 35.5. The van der Waals surface area contributed by atoms with Crippen LogP contribution in [0.2, 0.25) is 5.02 Å². The first-order chi connectivity index (χ1) is 9.60. The van der Waals surface area contributed by atoms with Gasteiger partial charge in [0.1, 0.15) is 5.82 Å². The first-order valence-electron chi connectivity index (χ1n) is 7.30. The molecule has 1 aromatic heterocycles. The minimum Gasteiger partial charge on any atom is -0.359 e. The second kappa shape index (κ2) is 7.25. The van der Waals surface area contributed by atoms with Gasteiger partial charge >= 0.3 is 0 Å². The summed E-state index contributed by atoms with van der Waals surface area (Å²) in [7, 11) is 6.23. The summed E-state index contributed by atoms with van der Waals surface area (Å²) < 4.78 is 0. The van der Waals surface area contributed by atoms with Gasteiger partial charge in [-0.05, 0) is 58.1 Å². The van der Waals surface area contributed by atoms with E-state index in [1.54, 1.807) is 0 Å². The Balaban J connectivity index is 1.98. The van der Waals surface area contributed by atoms with Gasteiger partial charge in [-0.2, -0.15) is 0 Å². The van der Waals surface area contributed by atoms with E-state index in [9.17, 15) is 0 Å². The van der Waals surface area contributed by atoms with Gasteiger partial charge in [0.05, 0.1) is 10.7 Å². The number of piperidine rings is 1. The van der Waals surface area contributed by atoms with Crippen LogP contribution in [0.1, 0.15) is 18.5 Å². The molecule has 0 aromatic carbocycles. The predicted octanol–water partition coefficient (Wildman–Crippen LogP) is 2.23. The molecule has 0 amide bonds. The van der Waals surface area contributed by atoms with Crippen LogP contribution in [-0.4, -0.2) is 50.7 Å². The molecule has 0 saturated carbocycles. The first kappa shape index (κ1) is 15.5. The second-order valence-corrected chi connectivity index (χ2v) is 6.16. The van der Waals surface area contributed by atoms with Crippen LogP contribution in [0.5, 0.6) is 0 Å². The average molecular weight is 297 g/mol. The average Bonchev–Trinajstić information content (AvgIpc) is 2.44. The Morgan fingerprint density at radius 3 is 2.75 bits per heavy atom. The highest BCUT2D eigenvalue weighted by molar-refractivity contribution is 6.31. The van der Waals surface area contributed by atoms with Crippen molar-refractivity contribution in [2.24, 2.45) is 5.92 Å². The molecule has 0 aliphatic carbocycles. The lowest BCUT2D eigenvalue weighted by Gasteiger charge is -2.32. The molecule has 0 spiro atoms. The number of likely N-dealkylation sites (tertiary alicyclic amines) is 1. The summed E-state index contributed by atoms with van der Waals surface area (Å²) in [6.07, 6.45) is 2.55. The van der Waals surface area contributed by atoms with E-state index in [4.69, 9.17) is 11.6 Å². The van der Waals surface area contributed by atoms with E-state index in [-0.39, 0.29) is 0 Å². The van der Waals surface area contributed by atoms with Crippen LogP contribution in [0.3, 0.4) is 0 Å². The van der Waals surface area contributed by atoms with E-state index in [1.807, 2.05) is 19.2 Å². The van der Waals surface area contributed by atoms with Gasteiger partial charge in [0.2, 0.25) is 0 Å². The lowest BCUT2D eigenvalue weighted by Crippen LogP contribution is -2.36. The van der Waals surface area contributed by atoms with Crippen molar-refractivity contribution in [2.45, 2.75) is 19.4 Å².